The summed E-state index contributed by atoms with van der Waals surface area (Å²) < 4.78 is 5.46. The van der Waals surface area contributed by atoms with Crippen LogP contribution in [0.2, 0.25) is 0 Å². The molecule has 1 aromatic carbocycles. The lowest BCUT2D eigenvalue weighted by Crippen LogP contribution is -2.44. The van der Waals surface area contributed by atoms with Crippen molar-refractivity contribution < 1.29 is 9.32 Å². The van der Waals surface area contributed by atoms with Crippen LogP contribution < -0.4 is 11.1 Å². The van der Waals surface area contributed by atoms with Gasteiger partial charge in [-0.25, -0.2) is 4.79 Å². The van der Waals surface area contributed by atoms with E-state index in [0.717, 1.165) is 37.8 Å². The standard InChI is InChI=1S/C18H23N5O2/c19-18(9-4-10-18)16-21-15(25-22-16)13-7-11-23(12-8-13)17(24)20-14-5-2-1-3-6-14/h1-3,5-6,13H,4,7-12,19H2,(H,20,24). The third-order valence-electron chi connectivity index (χ3n) is 5.29. The van der Waals surface area contributed by atoms with Gasteiger partial charge in [0.2, 0.25) is 5.89 Å². The highest BCUT2D eigenvalue weighted by Crippen LogP contribution is 2.38. The lowest BCUT2D eigenvalue weighted by atomic mass is 9.77. The summed E-state index contributed by atoms with van der Waals surface area (Å²) in [4.78, 5) is 18.7. The number of nitrogens with zero attached hydrogens (tertiary/aromatic N) is 3. The number of nitrogens with two attached hydrogens (primary N) is 1. The summed E-state index contributed by atoms with van der Waals surface area (Å²) in [5, 5.41) is 7.02. The van der Waals surface area contributed by atoms with Crippen molar-refractivity contribution in [1.29, 1.82) is 0 Å². The molecular weight excluding hydrogens is 318 g/mol. The number of benzene rings is 1. The van der Waals surface area contributed by atoms with Gasteiger partial charge in [0.15, 0.2) is 5.82 Å². The Balaban J connectivity index is 1.33. The van der Waals surface area contributed by atoms with Crippen molar-refractivity contribution in [3.63, 3.8) is 0 Å². The SMILES string of the molecule is NC1(c2noc(C3CCN(C(=O)Nc4ccccc4)CC3)n2)CCC1. The molecule has 1 aromatic heterocycles. The maximum Gasteiger partial charge on any atom is 0.321 e. The highest BCUT2D eigenvalue weighted by molar-refractivity contribution is 5.89. The Morgan fingerprint density at radius 2 is 1.96 bits per heavy atom. The van der Waals surface area contributed by atoms with Crippen LogP contribution in [-0.2, 0) is 5.54 Å². The minimum atomic E-state index is -0.391. The van der Waals surface area contributed by atoms with Crippen LogP contribution in [0.1, 0.15) is 49.7 Å². The Morgan fingerprint density at radius 1 is 1.24 bits per heavy atom. The van der Waals surface area contributed by atoms with Gasteiger partial charge in [-0.2, -0.15) is 4.98 Å². The number of rotatable bonds is 3. The van der Waals surface area contributed by atoms with Crippen molar-refractivity contribution in [3.05, 3.63) is 42.0 Å². The maximum absolute atomic E-state index is 12.3. The van der Waals surface area contributed by atoms with Gasteiger partial charge in [-0.15, -0.1) is 0 Å². The molecule has 2 aromatic rings. The first-order valence-corrected chi connectivity index (χ1v) is 8.88. The summed E-state index contributed by atoms with van der Waals surface area (Å²) in [7, 11) is 0. The quantitative estimate of drug-likeness (QED) is 0.894. The van der Waals surface area contributed by atoms with Gasteiger partial charge in [-0.05, 0) is 44.2 Å². The fourth-order valence-corrected chi connectivity index (χ4v) is 3.44. The van der Waals surface area contributed by atoms with Crippen molar-refractivity contribution in [1.82, 2.24) is 15.0 Å². The van der Waals surface area contributed by atoms with E-state index in [-0.39, 0.29) is 11.9 Å². The number of likely N-dealkylation sites (tertiary alicyclic amines) is 1. The Kier molecular flexibility index (Phi) is 4.17. The van der Waals surface area contributed by atoms with Crippen molar-refractivity contribution in [3.8, 4) is 0 Å². The summed E-state index contributed by atoms with van der Waals surface area (Å²) in [6, 6.07) is 9.44. The number of hydrogen-bond acceptors (Lipinski definition) is 5. The molecule has 0 radical (unpaired) electrons. The molecule has 3 N–H and O–H groups in total. The molecule has 0 atom stereocenters. The van der Waals surface area contributed by atoms with Crippen molar-refractivity contribution >= 4 is 11.7 Å². The number of nitrogens with one attached hydrogen (secondary N) is 1. The average molecular weight is 341 g/mol. The Hall–Kier alpha value is -2.41. The molecular formula is C18H23N5O2. The van der Waals surface area contributed by atoms with Crippen molar-refractivity contribution in [2.24, 2.45) is 5.73 Å². The number of aromatic nitrogens is 2. The molecule has 25 heavy (non-hydrogen) atoms. The molecule has 0 spiro atoms. The fraction of sp³-hybridized carbons (Fsp3) is 0.500. The summed E-state index contributed by atoms with van der Waals surface area (Å²) in [5.74, 6) is 1.50. The van der Waals surface area contributed by atoms with E-state index in [2.05, 4.69) is 15.5 Å². The van der Waals surface area contributed by atoms with Gasteiger partial charge < -0.3 is 20.5 Å². The molecule has 0 unspecified atom stereocenters. The molecule has 2 aliphatic rings. The number of piperidine rings is 1. The maximum atomic E-state index is 12.3. The van der Waals surface area contributed by atoms with E-state index in [4.69, 9.17) is 10.3 Å². The Bertz CT molecular complexity index is 733. The number of anilines is 1. The van der Waals surface area contributed by atoms with Crippen LogP contribution in [0.3, 0.4) is 0 Å². The summed E-state index contributed by atoms with van der Waals surface area (Å²) in [6.45, 7) is 1.35. The van der Waals surface area contributed by atoms with Gasteiger partial charge in [0.25, 0.3) is 0 Å². The zero-order valence-corrected chi connectivity index (χ0v) is 14.1. The third kappa shape index (κ3) is 3.24. The normalized spacial score (nSPS) is 20.1. The highest BCUT2D eigenvalue weighted by Gasteiger charge is 2.39. The predicted molar refractivity (Wildman–Crippen MR) is 93.0 cm³/mol. The number of carbonyl (C=O) groups is 1. The molecule has 1 saturated carbocycles. The van der Waals surface area contributed by atoms with Crippen LogP contribution in [0.5, 0.6) is 0 Å². The van der Waals surface area contributed by atoms with E-state index < -0.39 is 5.54 Å². The van der Waals surface area contributed by atoms with Gasteiger partial charge in [0.1, 0.15) is 0 Å². The number of para-hydroxylation sites is 1. The topological polar surface area (TPSA) is 97.3 Å². The van der Waals surface area contributed by atoms with Crippen LogP contribution >= 0.6 is 0 Å². The van der Waals surface area contributed by atoms with Crippen LogP contribution in [0.4, 0.5) is 10.5 Å². The lowest BCUT2D eigenvalue weighted by Gasteiger charge is -2.34. The number of urea groups is 1. The average Bonchev–Trinajstić information content (AvgIpc) is 3.11. The van der Waals surface area contributed by atoms with Gasteiger partial charge in [0.05, 0.1) is 5.54 Å². The number of carbonyl (C=O) groups excluding carboxylic acids is 1. The van der Waals surface area contributed by atoms with E-state index in [1.807, 2.05) is 35.2 Å². The van der Waals surface area contributed by atoms with E-state index in [9.17, 15) is 4.79 Å². The largest absolute Gasteiger partial charge is 0.339 e. The van der Waals surface area contributed by atoms with Gasteiger partial charge >= 0.3 is 6.03 Å². The Morgan fingerprint density at radius 3 is 2.60 bits per heavy atom. The van der Waals surface area contributed by atoms with Gasteiger partial charge in [-0.1, -0.05) is 23.4 Å². The molecule has 1 saturated heterocycles. The molecule has 4 rings (SSSR count). The molecule has 1 aliphatic carbocycles. The van der Waals surface area contributed by atoms with E-state index in [1.54, 1.807) is 0 Å². The molecule has 7 nitrogen and oxygen atoms in total. The van der Waals surface area contributed by atoms with Crippen molar-refractivity contribution in [2.75, 3.05) is 18.4 Å². The minimum absolute atomic E-state index is 0.0637. The van der Waals surface area contributed by atoms with Crippen LogP contribution in [0.25, 0.3) is 0 Å². The molecule has 1 aliphatic heterocycles. The summed E-state index contributed by atoms with van der Waals surface area (Å²) >= 11 is 0. The monoisotopic (exact) mass is 341 g/mol. The summed E-state index contributed by atoms with van der Waals surface area (Å²) in [5.41, 5.74) is 6.68. The second kappa shape index (κ2) is 6.48. The molecule has 2 fully saturated rings. The second-order valence-corrected chi connectivity index (χ2v) is 7.02. The molecule has 132 valence electrons. The smallest absolute Gasteiger partial charge is 0.321 e. The lowest BCUT2D eigenvalue weighted by molar-refractivity contribution is 0.187. The van der Waals surface area contributed by atoms with Gasteiger partial charge in [-0.3, -0.25) is 0 Å². The minimum Gasteiger partial charge on any atom is -0.339 e. The first-order valence-electron chi connectivity index (χ1n) is 8.88. The van der Waals surface area contributed by atoms with E-state index in [0.29, 0.717) is 24.8 Å². The van der Waals surface area contributed by atoms with Crippen molar-refractivity contribution in [2.45, 2.75) is 43.6 Å². The van der Waals surface area contributed by atoms with E-state index >= 15 is 0 Å². The Labute approximate surface area is 146 Å². The fourth-order valence-electron chi connectivity index (χ4n) is 3.44. The zero-order valence-electron chi connectivity index (χ0n) is 14.1. The highest BCUT2D eigenvalue weighted by atomic mass is 16.5. The van der Waals surface area contributed by atoms with Gasteiger partial charge in [0, 0.05) is 24.7 Å². The zero-order chi connectivity index (χ0) is 17.3. The molecule has 2 amide bonds. The van der Waals surface area contributed by atoms with E-state index in [1.165, 1.54) is 0 Å². The third-order valence-corrected chi connectivity index (χ3v) is 5.29. The molecule has 2 heterocycles. The molecule has 0 bridgehead atoms. The predicted octanol–water partition coefficient (Wildman–Crippen LogP) is 2.82. The molecule has 7 heteroatoms. The first-order chi connectivity index (χ1) is 12.1. The number of hydrogen-bond donors (Lipinski definition) is 2. The van der Waals surface area contributed by atoms with Crippen LogP contribution in [0.15, 0.2) is 34.9 Å². The number of amides is 2. The summed E-state index contributed by atoms with van der Waals surface area (Å²) in [6.07, 6.45) is 4.60. The van der Waals surface area contributed by atoms with Crippen LogP contribution in [0, 0.1) is 0 Å². The van der Waals surface area contributed by atoms with Crippen LogP contribution in [-0.4, -0.2) is 34.2 Å². The first kappa shape index (κ1) is 16.1. The second-order valence-electron chi connectivity index (χ2n) is 7.02.